The number of furan rings is 1. The molecule has 5 rings (SSSR count). The van der Waals surface area contributed by atoms with Crippen molar-refractivity contribution < 1.29 is 26.8 Å². The Balaban J connectivity index is 1.52. The molecule has 1 aromatic carbocycles. The van der Waals surface area contributed by atoms with Gasteiger partial charge in [-0.25, -0.2) is 9.07 Å². The lowest BCUT2D eigenvalue weighted by Crippen LogP contribution is -2.42. The van der Waals surface area contributed by atoms with Crippen LogP contribution in [0, 0.1) is 5.82 Å². The van der Waals surface area contributed by atoms with Crippen LogP contribution in [-0.4, -0.2) is 27.9 Å². The van der Waals surface area contributed by atoms with Crippen LogP contribution in [0.3, 0.4) is 0 Å². The minimum absolute atomic E-state index is 0.0901. The Morgan fingerprint density at radius 3 is 2.78 bits per heavy atom. The Morgan fingerprint density at radius 1 is 1.25 bits per heavy atom. The minimum atomic E-state index is -4.56. The van der Waals surface area contributed by atoms with Crippen LogP contribution >= 0.6 is 0 Å². The lowest BCUT2D eigenvalue weighted by atomic mass is 9.96. The summed E-state index contributed by atoms with van der Waals surface area (Å²) >= 11 is 0. The van der Waals surface area contributed by atoms with Crippen LogP contribution in [0.5, 0.6) is 0 Å². The van der Waals surface area contributed by atoms with Gasteiger partial charge in [0.15, 0.2) is 11.7 Å². The maximum atomic E-state index is 13.8. The second-order valence-corrected chi connectivity index (χ2v) is 8.20. The van der Waals surface area contributed by atoms with Gasteiger partial charge in [-0.2, -0.15) is 18.3 Å². The molecule has 32 heavy (non-hydrogen) atoms. The SMILES string of the molecule is C[C@H]1CCc2cc(F)ccc2N1C(=O)c1cc2n(n1)[C@@H](C(F)(F)F)C[C@H](c1ccco1)N2. The molecule has 0 unspecified atom stereocenters. The van der Waals surface area contributed by atoms with E-state index in [4.69, 9.17) is 4.42 Å². The number of aromatic nitrogens is 2. The van der Waals surface area contributed by atoms with Crippen molar-refractivity contribution in [3.63, 3.8) is 0 Å². The van der Waals surface area contributed by atoms with E-state index >= 15 is 0 Å². The monoisotopic (exact) mass is 448 g/mol. The van der Waals surface area contributed by atoms with E-state index in [9.17, 15) is 22.4 Å². The topological polar surface area (TPSA) is 63.3 Å². The highest BCUT2D eigenvalue weighted by atomic mass is 19.4. The summed E-state index contributed by atoms with van der Waals surface area (Å²) in [5, 5.41) is 7.06. The number of hydrogen-bond donors (Lipinski definition) is 1. The number of amides is 1. The molecule has 2 aliphatic rings. The molecule has 0 saturated carbocycles. The second-order valence-electron chi connectivity index (χ2n) is 8.20. The Morgan fingerprint density at radius 2 is 2.06 bits per heavy atom. The molecule has 2 aromatic heterocycles. The molecule has 0 aliphatic carbocycles. The van der Waals surface area contributed by atoms with Gasteiger partial charge < -0.3 is 14.6 Å². The molecule has 168 valence electrons. The number of aryl methyl sites for hydroxylation is 1. The first-order valence-electron chi connectivity index (χ1n) is 10.3. The smallest absolute Gasteiger partial charge is 0.410 e. The average Bonchev–Trinajstić information content (AvgIpc) is 3.41. The minimum Gasteiger partial charge on any atom is -0.467 e. The fourth-order valence-electron chi connectivity index (χ4n) is 4.51. The maximum absolute atomic E-state index is 13.8. The number of anilines is 2. The van der Waals surface area contributed by atoms with Crippen LogP contribution < -0.4 is 10.2 Å². The second kappa shape index (κ2) is 7.39. The summed E-state index contributed by atoms with van der Waals surface area (Å²) in [5.41, 5.74) is 1.13. The van der Waals surface area contributed by atoms with Crippen molar-refractivity contribution in [2.24, 2.45) is 0 Å². The number of halogens is 4. The van der Waals surface area contributed by atoms with Crippen molar-refractivity contribution in [2.75, 3.05) is 10.2 Å². The van der Waals surface area contributed by atoms with Gasteiger partial charge in [-0.05, 0) is 55.7 Å². The summed E-state index contributed by atoms with van der Waals surface area (Å²) in [5.74, 6) is -0.457. The van der Waals surface area contributed by atoms with E-state index in [0.29, 0.717) is 29.9 Å². The van der Waals surface area contributed by atoms with E-state index in [1.165, 1.54) is 35.4 Å². The molecule has 3 aromatic rings. The third-order valence-corrected chi connectivity index (χ3v) is 6.09. The number of nitrogens with zero attached hydrogens (tertiary/aromatic N) is 3. The van der Waals surface area contributed by atoms with E-state index in [2.05, 4.69) is 10.4 Å². The molecule has 1 amide bonds. The van der Waals surface area contributed by atoms with Crippen LogP contribution in [0.2, 0.25) is 0 Å². The molecule has 2 aliphatic heterocycles. The van der Waals surface area contributed by atoms with Gasteiger partial charge in [0, 0.05) is 24.2 Å². The van der Waals surface area contributed by atoms with E-state index < -0.39 is 30.0 Å². The van der Waals surface area contributed by atoms with Gasteiger partial charge in [0.2, 0.25) is 0 Å². The lowest BCUT2D eigenvalue weighted by molar-refractivity contribution is -0.174. The van der Waals surface area contributed by atoms with Crippen molar-refractivity contribution >= 4 is 17.4 Å². The molecule has 10 heteroatoms. The summed E-state index contributed by atoms with van der Waals surface area (Å²) in [6.45, 7) is 1.85. The fraction of sp³-hybridized carbons (Fsp3) is 0.364. The van der Waals surface area contributed by atoms with Gasteiger partial charge in [-0.3, -0.25) is 4.79 Å². The zero-order valence-electron chi connectivity index (χ0n) is 17.1. The molecule has 0 bridgehead atoms. The van der Waals surface area contributed by atoms with Crippen LogP contribution in [0.4, 0.5) is 29.1 Å². The molecular weight excluding hydrogens is 428 g/mol. The summed E-state index contributed by atoms with van der Waals surface area (Å²) < 4.78 is 61.3. The van der Waals surface area contributed by atoms with Crippen LogP contribution in [-0.2, 0) is 6.42 Å². The molecule has 0 spiro atoms. The molecule has 0 saturated heterocycles. The number of carbonyl (C=O) groups excluding carboxylic acids is 1. The fourth-order valence-corrected chi connectivity index (χ4v) is 4.51. The van der Waals surface area contributed by atoms with E-state index in [1.54, 1.807) is 12.1 Å². The maximum Gasteiger partial charge on any atom is 0.410 e. The molecule has 1 N–H and O–H groups in total. The van der Waals surface area contributed by atoms with Gasteiger partial charge in [0.1, 0.15) is 17.4 Å². The largest absolute Gasteiger partial charge is 0.467 e. The van der Waals surface area contributed by atoms with E-state index in [0.717, 1.165) is 4.68 Å². The van der Waals surface area contributed by atoms with Gasteiger partial charge in [0.25, 0.3) is 5.91 Å². The first-order valence-corrected chi connectivity index (χ1v) is 10.3. The molecule has 0 fully saturated rings. The van der Waals surface area contributed by atoms with E-state index in [1.807, 2.05) is 6.92 Å². The number of nitrogens with one attached hydrogen (secondary N) is 1. The number of fused-ring (bicyclic) bond motifs is 2. The number of carbonyl (C=O) groups is 1. The van der Waals surface area contributed by atoms with Gasteiger partial charge >= 0.3 is 6.18 Å². The van der Waals surface area contributed by atoms with Crippen molar-refractivity contribution in [2.45, 2.75) is 50.5 Å². The van der Waals surface area contributed by atoms with Crippen molar-refractivity contribution in [3.8, 4) is 0 Å². The van der Waals surface area contributed by atoms with Crippen molar-refractivity contribution in [1.82, 2.24) is 9.78 Å². The lowest BCUT2D eigenvalue weighted by Gasteiger charge is -2.34. The Hall–Kier alpha value is -3.30. The van der Waals surface area contributed by atoms with Gasteiger partial charge in [-0.1, -0.05) is 0 Å². The van der Waals surface area contributed by atoms with E-state index in [-0.39, 0.29) is 24.0 Å². The van der Waals surface area contributed by atoms with Crippen LogP contribution in [0.25, 0.3) is 0 Å². The predicted molar refractivity (Wildman–Crippen MR) is 108 cm³/mol. The predicted octanol–water partition coefficient (Wildman–Crippen LogP) is 5.26. The quantitative estimate of drug-likeness (QED) is 0.544. The third-order valence-electron chi connectivity index (χ3n) is 6.09. The van der Waals surface area contributed by atoms with Crippen molar-refractivity contribution in [3.05, 3.63) is 65.5 Å². The molecule has 3 atom stereocenters. The normalized spacial score (nSPS) is 22.8. The first kappa shape index (κ1) is 20.6. The highest BCUT2D eigenvalue weighted by molar-refractivity contribution is 6.06. The standard InChI is InChI=1S/C22H20F4N4O2/c1-12-4-5-13-9-14(23)6-7-17(13)29(12)21(31)16-11-20-27-15(18-3-2-8-32-18)10-19(22(24,25)26)30(20)28-16/h2-3,6-9,11-12,15,19,27H,4-5,10H2,1H3/t12-,15+,19+/m0/s1. The zero-order chi connectivity index (χ0) is 22.6. The molecular formula is C22H20F4N4O2. The number of rotatable bonds is 2. The molecule has 4 heterocycles. The Kier molecular flexibility index (Phi) is 4.75. The first-order chi connectivity index (χ1) is 15.2. The summed E-state index contributed by atoms with van der Waals surface area (Å²) in [6, 6.07) is 5.91. The zero-order valence-corrected chi connectivity index (χ0v) is 17.1. The number of hydrogen-bond acceptors (Lipinski definition) is 4. The summed E-state index contributed by atoms with van der Waals surface area (Å²) in [7, 11) is 0. The third kappa shape index (κ3) is 3.43. The van der Waals surface area contributed by atoms with Crippen LogP contribution in [0.15, 0.2) is 47.1 Å². The number of benzene rings is 1. The highest BCUT2D eigenvalue weighted by Crippen LogP contribution is 2.44. The highest BCUT2D eigenvalue weighted by Gasteiger charge is 2.47. The van der Waals surface area contributed by atoms with Crippen LogP contribution in [0.1, 0.15) is 53.7 Å². The molecule has 6 nitrogen and oxygen atoms in total. The summed E-state index contributed by atoms with van der Waals surface area (Å²) in [6.07, 6.45) is -2.25. The van der Waals surface area contributed by atoms with Crippen molar-refractivity contribution in [1.29, 1.82) is 0 Å². The molecule has 0 radical (unpaired) electrons. The van der Waals surface area contributed by atoms with Gasteiger partial charge in [0.05, 0.1) is 12.3 Å². The average molecular weight is 448 g/mol. The van der Waals surface area contributed by atoms with Gasteiger partial charge in [-0.15, -0.1) is 0 Å². The summed E-state index contributed by atoms with van der Waals surface area (Å²) in [4.78, 5) is 14.9. The Bertz CT molecular complexity index is 1160. The number of alkyl halides is 3. The Labute approximate surface area is 180 Å².